The first-order valence-corrected chi connectivity index (χ1v) is 6.69. The Labute approximate surface area is 99.5 Å². The van der Waals surface area contributed by atoms with E-state index in [1.807, 2.05) is 11.8 Å². The molecule has 0 saturated carbocycles. The first-order chi connectivity index (χ1) is 7.68. The Balaban J connectivity index is 1.89. The van der Waals surface area contributed by atoms with Crippen molar-refractivity contribution < 1.29 is 9.59 Å². The van der Waals surface area contributed by atoms with Gasteiger partial charge in [-0.25, -0.2) is 0 Å². The maximum absolute atomic E-state index is 12.0. The molecular formula is C10H17N3O2S. The van der Waals surface area contributed by atoms with E-state index in [4.69, 9.17) is 0 Å². The molecule has 2 aliphatic rings. The van der Waals surface area contributed by atoms with Crippen LogP contribution >= 0.6 is 11.8 Å². The minimum atomic E-state index is 0.0739. The van der Waals surface area contributed by atoms with E-state index in [0.717, 1.165) is 19.6 Å². The van der Waals surface area contributed by atoms with E-state index in [2.05, 4.69) is 5.32 Å². The minimum absolute atomic E-state index is 0.0739. The van der Waals surface area contributed by atoms with Crippen LogP contribution in [0.2, 0.25) is 0 Å². The Morgan fingerprint density at radius 2 is 2.44 bits per heavy atom. The number of nitrogens with one attached hydrogen (secondary N) is 1. The first kappa shape index (κ1) is 11.7. The molecule has 0 spiro atoms. The molecule has 2 rings (SSSR count). The fourth-order valence-corrected chi connectivity index (χ4v) is 2.91. The van der Waals surface area contributed by atoms with Gasteiger partial charge in [0.15, 0.2) is 0 Å². The number of rotatable bonds is 2. The van der Waals surface area contributed by atoms with Gasteiger partial charge in [0.25, 0.3) is 0 Å². The van der Waals surface area contributed by atoms with Crippen LogP contribution in [0.15, 0.2) is 0 Å². The highest BCUT2D eigenvalue weighted by Gasteiger charge is 2.28. The van der Waals surface area contributed by atoms with Crippen LogP contribution in [0.1, 0.15) is 6.92 Å². The van der Waals surface area contributed by atoms with Crippen molar-refractivity contribution in [2.75, 3.05) is 37.8 Å². The van der Waals surface area contributed by atoms with Gasteiger partial charge in [-0.2, -0.15) is 0 Å². The van der Waals surface area contributed by atoms with Crippen molar-refractivity contribution >= 4 is 23.6 Å². The van der Waals surface area contributed by atoms with Crippen molar-refractivity contribution in [1.82, 2.24) is 15.1 Å². The zero-order valence-electron chi connectivity index (χ0n) is 9.44. The van der Waals surface area contributed by atoms with Gasteiger partial charge in [-0.15, -0.1) is 11.8 Å². The molecule has 5 nitrogen and oxygen atoms in total. The van der Waals surface area contributed by atoms with Crippen LogP contribution in [-0.4, -0.2) is 65.5 Å². The molecule has 0 aromatic carbocycles. The Kier molecular flexibility index (Phi) is 3.70. The van der Waals surface area contributed by atoms with Crippen LogP contribution in [0, 0.1) is 0 Å². The summed E-state index contributed by atoms with van der Waals surface area (Å²) >= 11 is 1.57. The molecule has 0 aromatic rings. The van der Waals surface area contributed by atoms with Gasteiger partial charge in [-0.3, -0.25) is 9.59 Å². The second-order valence-electron chi connectivity index (χ2n) is 4.21. The van der Waals surface area contributed by atoms with Crippen molar-refractivity contribution in [2.24, 2.45) is 0 Å². The third kappa shape index (κ3) is 2.49. The molecule has 0 aliphatic carbocycles. The number of carbonyl (C=O) groups is 2. The molecule has 1 atom stereocenters. The van der Waals surface area contributed by atoms with Gasteiger partial charge in [-0.05, 0) is 6.92 Å². The Hall–Kier alpha value is -0.750. The number of nitrogens with zero attached hydrogens (tertiary/aromatic N) is 2. The highest BCUT2D eigenvalue weighted by Crippen LogP contribution is 2.15. The summed E-state index contributed by atoms with van der Waals surface area (Å²) in [5.74, 6) is 1.33. The van der Waals surface area contributed by atoms with E-state index in [-0.39, 0.29) is 24.4 Å². The lowest BCUT2D eigenvalue weighted by molar-refractivity contribution is -0.139. The van der Waals surface area contributed by atoms with E-state index >= 15 is 0 Å². The van der Waals surface area contributed by atoms with Gasteiger partial charge in [-0.1, -0.05) is 0 Å². The van der Waals surface area contributed by atoms with Crippen LogP contribution in [0.25, 0.3) is 0 Å². The van der Waals surface area contributed by atoms with Crippen LogP contribution in [0.4, 0.5) is 0 Å². The van der Waals surface area contributed by atoms with E-state index in [1.54, 1.807) is 16.7 Å². The summed E-state index contributed by atoms with van der Waals surface area (Å²) < 4.78 is 0. The molecule has 2 heterocycles. The molecule has 2 aliphatic heterocycles. The Morgan fingerprint density at radius 3 is 3.06 bits per heavy atom. The van der Waals surface area contributed by atoms with Crippen LogP contribution in [-0.2, 0) is 9.59 Å². The minimum Gasteiger partial charge on any atom is -0.336 e. The molecule has 0 radical (unpaired) electrons. The number of thioether (sulfide) groups is 1. The quantitative estimate of drug-likeness (QED) is 0.699. The fraction of sp³-hybridized carbons (Fsp3) is 0.800. The van der Waals surface area contributed by atoms with Crippen molar-refractivity contribution in [2.45, 2.75) is 13.0 Å². The summed E-state index contributed by atoms with van der Waals surface area (Å²) in [5.41, 5.74) is 0. The Morgan fingerprint density at radius 1 is 1.62 bits per heavy atom. The molecule has 1 N–H and O–H groups in total. The summed E-state index contributed by atoms with van der Waals surface area (Å²) in [4.78, 5) is 26.9. The lowest BCUT2D eigenvalue weighted by atomic mass is 10.2. The smallest absolute Gasteiger partial charge is 0.242 e. The number of piperazine rings is 1. The average molecular weight is 243 g/mol. The van der Waals surface area contributed by atoms with Crippen molar-refractivity contribution in [1.29, 1.82) is 0 Å². The highest BCUT2D eigenvalue weighted by molar-refractivity contribution is 8.00. The van der Waals surface area contributed by atoms with Crippen LogP contribution in [0.3, 0.4) is 0 Å². The lowest BCUT2D eigenvalue weighted by Crippen LogP contribution is -2.54. The van der Waals surface area contributed by atoms with E-state index in [1.165, 1.54) is 0 Å². The van der Waals surface area contributed by atoms with Crippen molar-refractivity contribution in [3.8, 4) is 0 Å². The molecule has 0 aromatic heterocycles. The van der Waals surface area contributed by atoms with E-state index in [9.17, 15) is 9.59 Å². The predicted molar refractivity (Wildman–Crippen MR) is 63.1 cm³/mol. The number of amides is 2. The third-order valence-electron chi connectivity index (χ3n) is 2.97. The second-order valence-corrected chi connectivity index (χ2v) is 5.16. The normalized spacial score (nSPS) is 26.3. The molecule has 2 saturated heterocycles. The van der Waals surface area contributed by atoms with Crippen LogP contribution in [0.5, 0.6) is 0 Å². The fourth-order valence-electron chi connectivity index (χ4n) is 2.01. The van der Waals surface area contributed by atoms with Gasteiger partial charge < -0.3 is 15.1 Å². The molecular weight excluding hydrogens is 226 g/mol. The molecule has 2 fully saturated rings. The van der Waals surface area contributed by atoms with Crippen molar-refractivity contribution in [3.05, 3.63) is 0 Å². The number of carbonyl (C=O) groups excluding carboxylic acids is 2. The maximum Gasteiger partial charge on any atom is 0.242 e. The Bertz CT molecular complexity index is 298. The van der Waals surface area contributed by atoms with E-state index < -0.39 is 0 Å². The third-order valence-corrected chi connectivity index (χ3v) is 3.92. The van der Waals surface area contributed by atoms with Gasteiger partial charge >= 0.3 is 0 Å². The maximum atomic E-state index is 12.0. The van der Waals surface area contributed by atoms with Gasteiger partial charge in [0.1, 0.15) is 6.54 Å². The second kappa shape index (κ2) is 5.05. The van der Waals surface area contributed by atoms with Crippen molar-refractivity contribution in [3.63, 3.8) is 0 Å². The summed E-state index contributed by atoms with van der Waals surface area (Å²) in [6, 6.07) is 0.228. The van der Waals surface area contributed by atoms with Crippen LogP contribution < -0.4 is 5.32 Å². The predicted octanol–water partition coefficient (Wildman–Crippen LogP) is -0.660. The lowest BCUT2D eigenvalue weighted by Gasteiger charge is -2.34. The molecule has 6 heteroatoms. The summed E-state index contributed by atoms with van der Waals surface area (Å²) in [7, 11) is 0. The average Bonchev–Trinajstić information content (AvgIpc) is 2.65. The topological polar surface area (TPSA) is 52.7 Å². The molecule has 0 bridgehead atoms. The first-order valence-electron chi connectivity index (χ1n) is 5.54. The molecule has 0 unspecified atom stereocenters. The summed E-state index contributed by atoms with van der Waals surface area (Å²) in [6.07, 6.45) is 0. The zero-order valence-corrected chi connectivity index (χ0v) is 10.3. The van der Waals surface area contributed by atoms with Gasteiger partial charge in [0, 0.05) is 25.7 Å². The largest absolute Gasteiger partial charge is 0.336 e. The molecule has 2 amide bonds. The SMILES string of the molecule is C[C@H]1CNCCN1C(=O)CN1CSCC1=O. The molecule has 90 valence electrons. The van der Waals surface area contributed by atoms with Gasteiger partial charge in [0.05, 0.1) is 11.6 Å². The standard InChI is InChI=1S/C10H17N3O2S/c1-8-4-11-2-3-13(8)9(14)5-12-7-16-6-10(12)15/h8,11H,2-7H2,1H3/t8-/m0/s1. The summed E-state index contributed by atoms with van der Waals surface area (Å²) in [5, 5.41) is 3.24. The zero-order chi connectivity index (χ0) is 11.5. The van der Waals surface area contributed by atoms with E-state index in [0.29, 0.717) is 11.6 Å². The monoisotopic (exact) mass is 243 g/mol. The number of hydrogen-bond acceptors (Lipinski definition) is 4. The highest BCUT2D eigenvalue weighted by atomic mass is 32.2. The summed E-state index contributed by atoms with van der Waals surface area (Å²) in [6.45, 7) is 4.71. The van der Waals surface area contributed by atoms with Gasteiger partial charge in [0.2, 0.25) is 11.8 Å². The molecule has 16 heavy (non-hydrogen) atoms. The number of hydrogen-bond donors (Lipinski definition) is 1.